The summed E-state index contributed by atoms with van der Waals surface area (Å²) in [6.07, 6.45) is 0. The fourth-order valence-electron chi connectivity index (χ4n) is 3.39. The van der Waals surface area contributed by atoms with Crippen molar-refractivity contribution in [1.29, 1.82) is 0 Å². The first kappa shape index (κ1) is 18.6. The lowest BCUT2D eigenvalue weighted by atomic mass is 9.84. The van der Waals surface area contributed by atoms with Gasteiger partial charge in [0.15, 0.2) is 5.78 Å². The third-order valence-electron chi connectivity index (χ3n) is 4.94. The Bertz CT molecular complexity index is 1170. The van der Waals surface area contributed by atoms with Gasteiger partial charge >= 0.3 is 5.97 Å². The molecule has 0 saturated carbocycles. The summed E-state index contributed by atoms with van der Waals surface area (Å²) >= 11 is 0. The highest BCUT2D eigenvalue weighted by molar-refractivity contribution is 5.94. The van der Waals surface area contributed by atoms with Crippen LogP contribution in [0.3, 0.4) is 0 Å². The van der Waals surface area contributed by atoms with E-state index in [0.29, 0.717) is 34.1 Å². The number of fused-ring (bicyclic) bond motifs is 2. The average Bonchev–Trinajstić information content (AvgIpc) is 2.71. The topological polar surface area (TPSA) is 89.4 Å². The molecule has 0 aliphatic carbocycles. The molecule has 2 aromatic heterocycles. The van der Waals surface area contributed by atoms with Gasteiger partial charge < -0.3 is 9.84 Å². The number of nitrogens with zero attached hydrogens (tertiary/aromatic N) is 2. The molecule has 1 aromatic carbocycles. The Morgan fingerprint density at radius 1 is 0.966 bits per heavy atom. The van der Waals surface area contributed by atoms with E-state index in [2.05, 4.69) is 16.5 Å². The standard InChI is InChI=1S/C23H18N2O4/c1-12-4-9-17-20(13(2)23(27)28)18-10-11-19(25-22(18)29-21(17)24-12)16-7-5-15(6-8-16)14(3)26/h4-11,20H,2H2,1,3H3,(H,27,28)/t20-/m0/s1. The molecule has 144 valence electrons. The van der Waals surface area contributed by atoms with Crippen LogP contribution >= 0.6 is 0 Å². The van der Waals surface area contributed by atoms with Crippen molar-refractivity contribution in [3.05, 3.63) is 83.1 Å². The molecule has 1 N–H and O–H groups in total. The summed E-state index contributed by atoms with van der Waals surface area (Å²) < 4.78 is 5.93. The summed E-state index contributed by atoms with van der Waals surface area (Å²) in [5.41, 5.74) is 4.14. The van der Waals surface area contributed by atoms with Crippen LogP contribution in [-0.2, 0) is 4.79 Å². The molecule has 3 heterocycles. The Balaban J connectivity index is 1.81. The largest absolute Gasteiger partial charge is 0.478 e. The van der Waals surface area contributed by atoms with Crippen LogP contribution in [0.25, 0.3) is 11.3 Å². The molecule has 6 heteroatoms. The maximum Gasteiger partial charge on any atom is 0.331 e. The molecule has 0 radical (unpaired) electrons. The Labute approximate surface area is 167 Å². The van der Waals surface area contributed by atoms with Crippen molar-refractivity contribution < 1.29 is 19.4 Å². The Morgan fingerprint density at radius 3 is 2.21 bits per heavy atom. The number of aryl methyl sites for hydroxylation is 1. The molecular weight excluding hydrogens is 368 g/mol. The number of ketones is 1. The quantitative estimate of drug-likeness (QED) is 0.523. The molecule has 1 aliphatic rings. The third-order valence-corrected chi connectivity index (χ3v) is 4.94. The predicted octanol–water partition coefficient (Wildman–Crippen LogP) is 4.53. The number of Topliss-reactive ketones (excluding diaryl/α,β-unsaturated/α-hetero) is 1. The molecule has 0 fully saturated rings. The number of carboxylic acid groups (broad SMARTS) is 1. The molecule has 4 rings (SSSR count). The molecule has 3 aromatic rings. The van der Waals surface area contributed by atoms with Crippen molar-refractivity contribution >= 4 is 11.8 Å². The second kappa shape index (κ2) is 6.98. The maximum atomic E-state index is 11.7. The smallest absolute Gasteiger partial charge is 0.331 e. The van der Waals surface area contributed by atoms with Crippen molar-refractivity contribution in [3.8, 4) is 23.0 Å². The number of pyridine rings is 2. The van der Waals surface area contributed by atoms with Gasteiger partial charge in [-0.15, -0.1) is 0 Å². The Morgan fingerprint density at radius 2 is 1.59 bits per heavy atom. The van der Waals surface area contributed by atoms with Crippen LogP contribution in [0.15, 0.2) is 60.7 Å². The number of carbonyl (C=O) groups is 2. The molecule has 0 bridgehead atoms. The lowest BCUT2D eigenvalue weighted by Gasteiger charge is -2.27. The highest BCUT2D eigenvalue weighted by Gasteiger charge is 2.34. The van der Waals surface area contributed by atoms with Crippen LogP contribution in [0.4, 0.5) is 0 Å². The lowest BCUT2D eigenvalue weighted by Crippen LogP contribution is -2.18. The fourth-order valence-corrected chi connectivity index (χ4v) is 3.39. The van der Waals surface area contributed by atoms with Crippen LogP contribution in [0.2, 0.25) is 0 Å². The van der Waals surface area contributed by atoms with Gasteiger partial charge in [-0.1, -0.05) is 43.0 Å². The molecule has 1 aliphatic heterocycles. The van der Waals surface area contributed by atoms with Gasteiger partial charge in [-0.25, -0.2) is 14.8 Å². The van der Waals surface area contributed by atoms with Crippen LogP contribution in [0, 0.1) is 6.92 Å². The molecule has 0 spiro atoms. The molecule has 1 atom stereocenters. The van der Waals surface area contributed by atoms with Gasteiger partial charge in [0.05, 0.1) is 11.6 Å². The summed E-state index contributed by atoms with van der Waals surface area (Å²) in [4.78, 5) is 32.1. The zero-order chi connectivity index (χ0) is 20.7. The van der Waals surface area contributed by atoms with Gasteiger partial charge in [-0.05, 0) is 26.0 Å². The summed E-state index contributed by atoms with van der Waals surface area (Å²) in [5, 5.41) is 9.53. The summed E-state index contributed by atoms with van der Waals surface area (Å²) in [7, 11) is 0. The fraction of sp³-hybridized carbons (Fsp3) is 0.130. The van der Waals surface area contributed by atoms with Crippen LogP contribution in [0.1, 0.15) is 40.0 Å². The van der Waals surface area contributed by atoms with Crippen molar-refractivity contribution in [2.24, 2.45) is 0 Å². The second-order valence-corrected chi connectivity index (χ2v) is 6.94. The minimum Gasteiger partial charge on any atom is -0.478 e. The van der Waals surface area contributed by atoms with Gasteiger partial charge in [-0.2, -0.15) is 0 Å². The number of aromatic nitrogens is 2. The van der Waals surface area contributed by atoms with E-state index in [4.69, 9.17) is 4.74 Å². The minimum atomic E-state index is -1.08. The van der Waals surface area contributed by atoms with E-state index >= 15 is 0 Å². The predicted molar refractivity (Wildman–Crippen MR) is 107 cm³/mol. The van der Waals surface area contributed by atoms with E-state index in [1.807, 2.05) is 31.2 Å². The molecular formula is C23H18N2O4. The number of rotatable bonds is 4. The number of ether oxygens (including phenoxy) is 1. The number of carbonyl (C=O) groups excluding carboxylic acids is 1. The average molecular weight is 386 g/mol. The summed E-state index contributed by atoms with van der Waals surface area (Å²) in [5.74, 6) is -1.05. The van der Waals surface area contributed by atoms with Crippen LogP contribution in [-0.4, -0.2) is 26.8 Å². The summed E-state index contributed by atoms with van der Waals surface area (Å²) in [6, 6.07) is 14.4. The lowest BCUT2D eigenvalue weighted by molar-refractivity contribution is -0.132. The molecule has 29 heavy (non-hydrogen) atoms. The van der Waals surface area contributed by atoms with Gasteiger partial charge in [0.25, 0.3) is 0 Å². The van der Waals surface area contributed by atoms with Gasteiger partial charge in [0.1, 0.15) is 0 Å². The van der Waals surface area contributed by atoms with Crippen LogP contribution in [0.5, 0.6) is 11.8 Å². The van der Waals surface area contributed by atoms with E-state index < -0.39 is 11.9 Å². The molecule has 0 saturated heterocycles. The van der Waals surface area contributed by atoms with Gasteiger partial charge in [0, 0.05) is 33.5 Å². The van der Waals surface area contributed by atoms with Gasteiger partial charge in [-0.3, -0.25) is 4.79 Å². The highest BCUT2D eigenvalue weighted by Crippen LogP contribution is 2.46. The number of hydrogen-bond acceptors (Lipinski definition) is 5. The monoisotopic (exact) mass is 386 g/mol. The summed E-state index contributed by atoms with van der Waals surface area (Å²) in [6.45, 7) is 7.11. The van der Waals surface area contributed by atoms with Crippen LogP contribution < -0.4 is 4.74 Å². The van der Waals surface area contributed by atoms with Crippen molar-refractivity contribution in [3.63, 3.8) is 0 Å². The Kier molecular flexibility index (Phi) is 4.47. The SMILES string of the molecule is C=C(C(=O)O)[C@H]1c2ccc(C)nc2Oc2nc(-c3ccc(C(C)=O)cc3)ccc21. The highest BCUT2D eigenvalue weighted by atomic mass is 16.5. The zero-order valence-corrected chi connectivity index (χ0v) is 16.0. The first-order chi connectivity index (χ1) is 13.8. The maximum absolute atomic E-state index is 11.7. The number of hydrogen-bond donors (Lipinski definition) is 1. The zero-order valence-electron chi connectivity index (χ0n) is 16.0. The number of benzene rings is 1. The third kappa shape index (κ3) is 3.29. The first-order valence-electron chi connectivity index (χ1n) is 9.05. The molecule has 0 amide bonds. The molecule has 6 nitrogen and oxygen atoms in total. The minimum absolute atomic E-state index is 0.00800. The van der Waals surface area contributed by atoms with Gasteiger partial charge in [0.2, 0.25) is 11.8 Å². The van der Waals surface area contributed by atoms with Crippen molar-refractivity contribution in [2.75, 3.05) is 0 Å². The van der Waals surface area contributed by atoms with E-state index in [1.54, 1.807) is 24.3 Å². The van der Waals surface area contributed by atoms with E-state index in [0.717, 1.165) is 11.3 Å². The molecule has 0 unspecified atom stereocenters. The second-order valence-electron chi connectivity index (χ2n) is 6.94. The van der Waals surface area contributed by atoms with E-state index in [9.17, 15) is 14.7 Å². The van der Waals surface area contributed by atoms with Crippen molar-refractivity contribution in [2.45, 2.75) is 19.8 Å². The first-order valence-corrected chi connectivity index (χ1v) is 9.05. The number of aliphatic carboxylic acids is 1. The Hall–Kier alpha value is -3.80. The normalized spacial score (nSPS) is 14.3. The number of carboxylic acids is 1. The van der Waals surface area contributed by atoms with E-state index in [-0.39, 0.29) is 11.4 Å². The van der Waals surface area contributed by atoms with E-state index in [1.165, 1.54) is 6.92 Å². The van der Waals surface area contributed by atoms with Crippen molar-refractivity contribution in [1.82, 2.24) is 9.97 Å².